The molecule has 0 bridgehead atoms. The molecule has 2 heterocycles. The number of fused-ring (bicyclic) bond motifs is 1. The topological polar surface area (TPSA) is 38.1 Å². The van der Waals surface area contributed by atoms with E-state index in [2.05, 4.69) is 32.7 Å². The Balaban J connectivity index is 1.31. The van der Waals surface area contributed by atoms with E-state index in [1.807, 2.05) is 43.6 Å². The summed E-state index contributed by atoms with van der Waals surface area (Å²) in [6.45, 7) is 5.58. The largest absolute Gasteiger partial charge is 0.330 e. The van der Waals surface area contributed by atoms with Crippen LogP contribution in [0.25, 0.3) is 11.0 Å². The van der Waals surface area contributed by atoms with Crippen LogP contribution in [-0.2, 0) is 6.54 Å². The van der Waals surface area contributed by atoms with Crippen LogP contribution in [0.4, 0.5) is 0 Å². The second-order valence-corrected chi connectivity index (χ2v) is 7.39. The maximum atomic E-state index is 12.5. The summed E-state index contributed by atoms with van der Waals surface area (Å²) in [7, 11) is 0. The number of piperidine rings is 1. The van der Waals surface area contributed by atoms with E-state index in [9.17, 15) is 4.79 Å². The number of hydrogen-bond acceptors (Lipinski definition) is 3. The quantitative estimate of drug-likeness (QED) is 0.656. The highest BCUT2D eigenvalue weighted by Crippen LogP contribution is 2.22. The van der Waals surface area contributed by atoms with Gasteiger partial charge < -0.3 is 4.57 Å². The molecule has 0 aliphatic carbocycles. The monoisotopic (exact) mass is 347 g/mol. The highest BCUT2D eigenvalue weighted by molar-refractivity contribution is 5.97. The molecule has 0 radical (unpaired) electrons. The molecule has 26 heavy (non-hydrogen) atoms. The summed E-state index contributed by atoms with van der Waals surface area (Å²) in [6, 6.07) is 16.2. The van der Waals surface area contributed by atoms with Crippen LogP contribution in [0.15, 0.2) is 54.9 Å². The molecule has 4 rings (SSSR count). The molecule has 1 fully saturated rings. The minimum absolute atomic E-state index is 0.226. The Kier molecular flexibility index (Phi) is 4.85. The summed E-state index contributed by atoms with van der Waals surface area (Å²) in [5.74, 6) is 0.877. The number of ketones is 1. The number of Topliss-reactive ketones (excluding diaryl/α,β-unsaturated/α-hetero) is 1. The first-order valence-electron chi connectivity index (χ1n) is 9.41. The van der Waals surface area contributed by atoms with Gasteiger partial charge >= 0.3 is 0 Å². The van der Waals surface area contributed by atoms with Crippen LogP contribution in [0.2, 0.25) is 0 Å². The minimum atomic E-state index is 0.226. The average molecular weight is 347 g/mol. The van der Waals surface area contributed by atoms with Crippen molar-refractivity contribution in [2.24, 2.45) is 5.92 Å². The Labute approximate surface area is 154 Å². The fourth-order valence-electron chi connectivity index (χ4n) is 3.79. The minimum Gasteiger partial charge on any atom is -0.330 e. The zero-order chi connectivity index (χ0) is 17.9. The predicted molar refractivity (Wildman–Crippen MR) is 104 cm³/mol. The van der Waals surface area contributed by atoms with E-state index in [1.165, 1.54) is 11.1 Å². The molecule has 4 nitrogen and oxygen atoms in total. The Bertz CT molecular complexity index is 889. The highest BCUT2D eigenvalue weighted by Gasteiger charge is 2.22. The molecule has 0 amide bonds. The van der Waals surface area contributed by atoms with Crippen molar-refractivity contribution in [3.63, 3.8) is 0 Å². The highest BCUT2D eigenvalue weighted by atomic mass is 16.1. The van der Waals surface area contributed by atoms with Gasteiger partial charge in [0.25, 0.3) is 0 Å². The van der Waals surface area contributed by atoms with Crippen molar-refractivity contribution in [1.29, 1.82) is 0 Å². The third-order valence-corrected chi connectivity index (χ3v) is 5.43. The van der Waals surface area contributed by atoms with E-state index in [0.717, 1.165) is 43.6 Å². The Morgan fingerprint density at radius 3 is 2.58 bits per heavy atom. The van der Waals surface area contributed by atoms with Gasteiger partial charge in [-0.1, -0.05) is 42.0 Å². The third-order valence-electron chi connectivity index (χ3n) is 5.43. The smallest absolute Gasteiger partial charge is 0.176 e. The molecule has 0 N–H and O–H groups in total. The van der Waals surface area contributed by atoms with Crippen molar-refractivity contribution in [1.82, 2.24) is 14.5 Å². The van der Waals surface area contributed by atoms with E-state index in [4.69, 9.17) is 0 Å². The third kappa shape index (κ3) is 3.70. The molecule has 0 spiro atoms. The summed E-state index contributed by atoms with van der Waals surface area (Å²) in [5, 5.41) is 0. The molecule has 4 heteroatoms. The van der Waals surface area contributed by atoms with Crippen molar-refractivity contribution < 1.29 is 4.79 Å². The van der Waals surface area contributed by atoms with Gasteiger partial charge in [0.1, 0.15) is 0 Å². The van der Waals surface area contributed by atoms with Crippen LogP contribution in [-0.4, -0.2) is 39.9 Å². The Morgan fingerprint density at radius 2 is 1.81 bits per heavy atom. The molecule has 1 aliphatic rings. The van der Waals surface area contributed by atoms with Gasteiger partial charge in [-0.15, -0.1) is 0 Å². The van der Waals surface area contributed by atoms with Crippen LogP contribution < -0.4 is 0 Å². The number of carbonyl (C=O) groups excluding carboxylic acids is 1. The lowest BCUT2D eigenvalue weighted by Crippen LogP contribution is -2.38. The lowest BCUT2D eigenvalue weighted by Gasteiger charge is -2.31. The number of rotatable bonds is 5. The van der Waals surface area contributed by atoms with Gasteiger partial charge in [0.05, 0.1) is 23.9 Å². The molecule has 2 aromatic carbocycles. The van der Waals surface area contributed by atoms with E-state index < -0.39 is 0 Å². The summed E-state index contributed by atoms with van der Waals surface area (Å²) >= 11 is 0. The van der Waals surface area contributed by atoms with Gasteiger partial charge in [-0.05, 0) is 50.9 Å². The number of imidazole rings is 1. The van der Waals surface area contributed by atoms with Gasteiger partial charge in [0, 0.05) is 12.1 Å². The predicted octanol–water partition coefficient (Wildman–Crippen LogP) is 3.94. The zero-order valence-electron chi connectivity index (χ0n) is 15.3. The molecule has 0 atom stereocenters. The molecule has 134 valence electrons. The number of aromatic nitrogens is 2. The fraction of sp³-hybridized carbons (Fsp3) is 0.364. The average Bonchev–Trinajstić information content (AvgIpc) is 3.07. The Hall–Kier alpha value is -2.46. The maximum absolute atomic E-state index is 12.5. The first kappa shape index (κ1) is 17.0. The molecule has 1 saturated heterocycles. The Morgan fingerprint density at radius 1 is 1.08 bits per heavy atom. The number of benzene rings is 2. The van der Waals surface area contributed by atoms with Crippen molar-refractivity contribution >= 4 is 16.8 Å². The van der Waals surface area contributed by atoms with Crippen LogP contribution in [0.5, 0.6) is 0 Å². The standard InChI is InChI=1S/C22H25N3O/c1-17-6-8-19(9-7-17)22(26)15-24-12-10-18(11-13-24)14-25-16-23-20-4-2-3-5-21(20)25/h2-9,16,18H,10-15H2,1H3. The lowest BCUT2D eigenvalue weighted by molar-refractivity contribution is 0.0891. The molecular formula is C22H25N3O. The van der Waals surface area contributed by atoms with E-state index in [1.54, 1.807) is 0 Å². The zero-order valence-corrected chi connectivity index (χ0v) is 15.3. The van der Waals surface area contributed by atoms with Gasteiger partial charge in [-0.3, -0.25) is 9.69 Å². The molecule has 3 aromatic rings. The van der Waals surface area contributed by atoms with Crippen LogP contribution in [0.1, 0.15) is 28.8 Å². The van der Waals surface area contributed by atoms with Crippen LogP contribution >= 0.6 is 0 Å². The van der Waals surface area contributed by atoms with E-state index in [-0.39, 0.29) is 5.78 Å². The summed E-state index contributed by atoms with van der Waals surface area (Å²) in [4.78, 5) is 19.2. The molecule has 1 aromatic heterocycles. The first-order chi connectivity index (χ1) is 12.7. The molecular weight excluding hydrogens is 322 g/mol. The summed E-state index contributed by atoms with van der Waals surface area (Å²) in [6.07, 6.45) is 4.22. The van der Waals surface area contributed by atoms with Crippen molar-refractivity contribution in [2.45, 2.75) is 26.3 Å². The normalized spacial score (nSPS) is 16.2. The molecule has 0 unspecified atom stereocenters. The maximum Gasteiger partial charge on any atom is 0.176 e. The van der Waals surface area contributed by atoms with Gasteiger partial charge in [-0.2, -0.15) is 0 Å². The number of carbonyl (C=O) groups is 1. The summed E-state index contributed by atoms with van der Waals surface area (Å²) in [5.41, 5.74) is 4.29. The first-order valence-corrected chi connectivity index (χ1v) is 9.41. The van der Waals surface area contributed by atoms with Crippen molar-refractivity contribution in [3.05, 3.63) is 66.0 Å². The second kappa shape index (κ2) is 7.42. The number of para-hydroxylation sites is 2. The van der Waals surface area contributed by atoms with Gasteiger partial charge in [0.15, 0.2) is 5.78 Å². The van der Waals surface area contributed by atoms with Crippen LogP contribution in [0.3, 0.4) is 0 Å². The number of nitrogens with zero attached hydrogens (tertiary/aromatic N) is 3. The van der Waals surface area contributed by atoms with Gasteiger partial charge in [0.2, 0.25) is 0 Å². The number of aryl methyl sites for hydroxylation is 1. The van der Waals surface area contributed by atoms with Crippen LogP contribution in [0, 0.1) is 12.8 Å². The lowest BCUT2D eigenvalue weighted by atomic mass is 9.96. The SMILES string of the molecule is Cc1ccc(C(=O)CN2CCC(Cn3cnc4ccccc43)CC2)cc1. The van der Waals surface area contributed by atoms with E-state index in [0.29, 0.717) is 12.5 Å². The van der Waals surface area contributed by atoms with E-state index >= 15 is 0 Å². The number of likely N-dealkylation sites (tertiary alicyclic amines) is 1. The molecule has 1 aliphatic heterocycles. The van der Waals surface area contributed by atoms with Crippen molar-refractivity contribution in [2.75, 3.05) is 19.6 Å². The fourth-order valence-corrected chi connectivity index (χ4v) is 3.79. The summed E-state index contributed by atoms with van der Waals surface area (Å²) < 4.78 is 2.27. The number of hydrogen-bond donors (Lipinski definition) is 0. The second-order valence-electron chi connectivity index (χ2n) is 7.39. The molecule has 0 saturated carbocycles. The van der Waals surface area contributed by atoms with Crippen molar-refractivity contribution in [3.8, 4) is 0 Å². The van der Waals surface area contributed by atoms with Gasteiger partial charge in [-0.25, -0.2) is 4.98 Å².